The van der Waals surface area contributed by atoms with Crippen molar-refractivity contribution in [3.8, 4) is 0 Å². The molecule has 0 bridgehead atoms. The molecule has 4 rings (SSSR count). The van der Waals surface area contributed by atoms with E-state index < -0.39 is 61.7 Å². The molecule has 1 unspecified atom stereocenters. The first-order chi connectivity index (χ1) is 17.4. The van der Waals surface area contributed by atoms with Crippen molar-refractivity contribution in [2.45, 2.75) is 20.8 Å². The number of nitrogens with one attached hydrogen (secondary N) is 1. The maximum absolute atomic E-state index is 13.2. The minimum absolute atomic E-state index is 0.0316. The Morgan fingerprint density at radius 3 is 2.49 bits per heavy atom. The summed E-state index contributed by atoms with van der Waals surface area (Å²) in [7, 11) is 0.867. The topological polar surface area (TPSA) is 237 Å². The summed E-state index contributed by atoms with van der Waals surface area (Å²) in [6.07, 6.45) is 0. The fraction of sp³-hybridized carbons (Fsp3) is 0.412. The van der Waals surface area contributed by atoms with Crippen molar-refractivity contribution in [2.75, 3.05) is 18.6 Å². The fourth-order valence-electron chi connectivity index (χ4n) is 3.65. The highest BCUT2D eigenvalue weighted by molar-refractivity contribution is 8.39. The monoisotopic (exact) mass is 591 g/mol. The molecule has 16 nitrogen and oxygen atoms in total. The number of hydrogen-bond acceptors (Lipinski definition) is 13. The van der Waals surface area contributed by atoms with Gasteiger partial charge in [0, 0.05) is 19.9 Å². The summed E-state index contributed by atoms with van der Waals surface area (Å²) in [5, 5.41) is 31.2. The van der Waals surface area contributed by atoms with Crippen LogP contribution in [0.1, 0.15) is 0 Å². The molecule has 3 amide bonds. The van der Waals surface area contributed by atoms with E-state index in [4.69, 9.17) is 15.6 Å². The van der Waals surface area contributed by atoms with Gasteiger partial charge in [-0.15, -0.1) is 11.8 Å². The third-order valence-electron chi connectivity index (χ3n) is 5.34. The van der Waals surface area contributed by atoms with Crippen LogP contribution in [0.3, 0.4) is 0 Å². The third-order valence-corrected chi connectivity index (χ3v) is 10.9. The van der Waals surface area contributed by atoms with Crippen molar-refractivity contribution in [2.24, 2.45) is 12.8 Å². The summed E-state index contributed by atoms with van der Waals surface area (Å²) >= 11 is 2.67. The predicted molar refractivity (Wildman–Crippen MR) is 129 cm³/mol. The molecule has 0 saturated carbocycles. The molecule has 198 valence electrons. The van der Waals surface area contributed by atoms with E-state index in [2.05, 4.69) is 20.8 Å². The number of carboxylic acids is 2. The second-order valence-corrected chi connectivity index (χ2v) is 12.7. The Labute approximate surface area is 222 Å². The molecule has 2 saturated heterocycles. The molecule has 0 spiro atoms. The molecule has 4 heterocycles. The number of nitrogens with zero attached hydrogens (tertiary/aromatic N) is 5. The number of carbonyl (C=O) groups excluding carboxylic acids is 3. The Balaban J connectivity index is 1.52. The number of β-lactam (4-membered cyclic amide) rings is 1. The second kappa shape index (κ2) is 10.1. The van der Waals surface area contributed by atoms with Crippen LogP contribution in [0.25, 0.3) is 0 Å². The minimum atomic E-state index is -1.89. The molecule has 2 fully saturated rings. The van der Waals surface area contributed by atoms with Crippen LogP contribution in [0.15, 0.2) is 26.2 Å². The average molecular weight is 592 g/mol. The number of aromatic nitrogens is 4. The van der Waals surface area contributed by atoms with Gasteiger partial charge in [0.2, 0.25) is 11.1 Å². The zero-order valence-corrected chi connectivity index (χ0v) is 22.0. The number of tetrazole rings is 1. The normalized spacial score (nSPS) is 25.5. The number of rotatable bonds is 9. The molecule has 1 aromatic rings. The SMILES string of the molecule is CO[C@@]1(NC(=O)C2SC(=C(C(N)=O)C(=O)O)S2)C(=O)N2C(C(=O)O)=C(CS(=O)c3nnnn3C)CS[C@@H]21. The van der Waals surface area contributed by atoms with Gasteiger partial charge >= 0.3 is 11.9 Å². The zero-order valence-electron chi connectivity index (χ0n) is 18.8. The highest BCUT2D eigenvalue weighted by Crippen LogP contribution is 2.53. The number of hydrogen-bond donors (Lipinski definition) is 4. The number of aliphatic carboxylic acids is 2. The molecule has 20 heteroatoms. The summed E-state index contributed by atoms with van der Waals surface area (Å²) in [4.78, 5) is 61.6. The number of aryl methyl sites for hydroxylation is 1. The van der Waals surface area contributed by atoms with Gasteiger partial charge in [-0.25, -0.2) is 14.3 Å². The van der Waals surface area contributed by atoms with E-state index in [9.17, 15) is 33.3 Å². The number of thioether (sulfide) groups is 3. The van der Waals surface area contributed by atoms with Gasteiger partial charge in [-0.1, -0.05) is 28.6 Å². The maximum atomic E-state index is 13.2. The molecule has 1 aromatic heterocycles. The molecule has 3 atom stereocenters. The Morgan fingerprint density at radius 1 is 1.30 bits per heavy atom. The first-order valence-electron chi connectivity index (χ1n) is 9.92. The number of methoxy groups -OCH3 is 1. The summed E-state index contributed by atoms with van der Waals surface area (Å²) in [5.41, 5.74) is 2.38. The van der Waals surface area contributed by atoms with E-state index in [1.165, 1.54) is 18.8 Å². The highest BCUT2D eigenvalue weighted by Gasteiger charge is 2.67. The minimum Gasteiger partial charge on any atom is -0.477 e. The summed E-state index contributed by atoms with van der Waals surface area (Å²) in [6, 6.07) is 0. The molecular formula is C17H17N7O9S4. The lowest BCUT2D eigenvalue weighted by atomic mass is 9.98. The molecule has 0 radical (unpaired) electrons. The van der Waals surface area contributed by atoms with E-state index in [1.807, 2.05) is 0 Å². The molecule has 3 aliphatic heterocycles. The molecule has 0 aliphatic carbocycles. The second-order valence-electron chi connectivity index (χ2n) is 7.50. The lowest BCUT2D eigenvalue weighted by molar-refractivity contribution is -0.192. The van der Waals surface area contributed by atoms with Crippen LogP contribution in [-0.2, 0) is 46.6 Å². The van der Waals surface area contributed by atoms with Crippen molar-refractivity contribution >= 4 is 75.7 Å². The van der Waals surface area contributed by atoms with E-state index >= 15 is 0 Å². The quantitative estimate of drug-likeness (QED) is 0.0771. The molecular weight excluding hydrogens is 574 g/mol. The van der Waals surface area contributed by atoms with Crippen LogP contribution in [-0.4, -0.2) is 103 Å². The van der Waals surface area contributed by atoms with Gasteiger partial charge in [0.15, 0.2) is 0 Å². The van der Waals surface area contributed by atoms with Gasteiger partial charge in [0.05, 0.1) is 20.8 Å². The highest BCUT2D eigenvalue weighted by atomic mass is 32.3. The van der Waals surface area contributed by atoms with Crippen molar-refractivity contribution in [3.63, 3.8) is 0 Å². The van der Waals surface area contributed by atoms with E-state index in [-0.39, 0.29) is 32.2 Å². The van der Waals surface area contributed by atoms with Gasteiger partial charge in [0.25, 0.3) is 17.5 Å². The van der Waals surface area contributed by atoms with Crippen molar-refractivity contribution < 1.29 is 43.1 Å². The van der Waals surface area contributed by atoms with E-state index in [0.717, 1.165) is 40.2 Å². The van der Waals surface area contributed by atoms with Gasteiger partial charge in [-0.2, -0.15) is 0 Å². The van der Waals surface area contributed by atoms with Gasteiger partial charge < -0.3 is 26.0 Å². The summed E-state index contributed by atoms with van der Waals surface area (Å²) in [5.74, 6) is -5.83. The van der Waals surface area contributed by atoms with Crippen molar-refractivity contribution in [3.05, 3.63) is 21.1 Å². The average Bonchev–Trinajstić information content (AvgIpc) is 3.23. The van der Waals surface area contributed by atoms with Gasteiger partial charge in [-0.3, -0.25) is 23.5 Å². The van der Waals surface area contributed by atoms with Crippen molar-refractivity contribution in [1.82, 2.24) is 30.4 Å². The smallest absolute Gasteiger partial charge is 0.352 e. The lowest BCUT2D eigenvalue weighted by Crippen LogP contribution is -2.81. The van der Waals surface area contributed by atoms with Crippen LogP contribution in [0, 0.1) is 0 Å². The zero-order chi connectivity index (χ0) is 27.2. The van der Waals surface area contributed by atoms with Crippen LogP contribution in [0.4, 0.5) is 0 Å². The number of primary amides is 1. The van der Waals surface area contributed by atoms with Crippen LogP contribution < -0.4 is 11.1 Å². The first-order valence-corrected chi connectivity index (χ1v) is 14.0. The third kappa shape index (κ3) is 4.51. The number of nitrogens with two attached hydrogens (primary N) is 1. The fourth-order valence-corrected chi connectivity index (χ4v) is 8.58. The maximum Gasteiger partial charge on any atom is 0.352 e. The molecule has 37 heavy (non-hydrogen) atoms. The van der Waals surface area contributed by atoms with E-state index in [0.29, 0.717) is 0 Å². The molecule has 0 aromatic carbocycles. The summed E-state index contributed by atoms with van der Waals surface area (Å²) < 4.78 is 18.4. The van der Waals surface area contributed by atoms with Crippen molar-refractivity contribution in [1.29, 1.82) is 0 Å². The largest absolute Gasteiger partial charge is 0.477 e. The Hall–Kier alpha value is -2.94. The number of ether oxygens (including phenoxy) is 1. The van der Waals surface area contributed by atoms with Gasteiger partial charge in [0.1, 0.15) is 21.2 Å². The lowest BCUT2D eigenvalue weighted by Gasteiger charge is -2.56. The van der Waals surface area contributed by atoms with E-state index in [1.54, 1.807) is 0 Å². The Bertz CT molecular complexity index is 1300. The number of amides is 3. The Kier molecular flexibility index (Phi) is 7.38. The van der Waals surface area contributed by atoms with Crippen LogP contribution >= 0.6 is 35.3 Å². The first kappa shape index (κ1) is 27.1. The standard InChI is InChI=1S/C17H17N7O9S4/c1-23-16(20-21-22-23)37(32)4-5-3-34-15-17(33-2,14(31)24(15)7(5)11(29)30)19-9(26)13-35-12(36-13)6(8(18)25)10(27)28/h13,15H,3-4H2,1-2H3,(H2,18,25)(H,19,26)(H,27,28)(H,29,30)/t13?,15-,17+,37?/m1/s1. The number of carbonyl (C=O) groups is 5. The van der Waals surface area contributed by atoms with Crippen LogP contribution in [0.5, 0.6) is 0 Å². The van der Waals surface area contributed by atoms with Crippen LogP contribution in [0.2, 0.25) is 0 Å². The predicted octanol–water partition coefficient (Wildman–Crippen LogP) is -2.38. The Morgan fingerprint density at radius 2 is 1.97 bits per heavy atom. The molecule has 3 aliphatic rings. The number of fused-ring (bicyclic) bond motifs is 1. The summed E-state index contributed by atoms with van der Waals surface area (Å²) in [6.45, 7) is 0. The van der Waals surface area contributed by atoms with Gasteiger partial charge in [-0.05, 0) is 16.0 Å². The number of carboxylic acid groups (broad SMARTS) is 2. The molecule has 5 N–H and O–H groups in total.